The number of rotatable bonds is 3. The summed E-state index contributed by atoms with van der Waals surface area (Å²) in [5.41, 5.74) is 5.57. The maximum Gasteiger partial charge on any atom is 0.315 e. The van der Waals surface area contributed by atoms with E-state index in [-0.39, 0.29) is 5.89 Å². The summed E-state index contributed by atoms with van der Waals surface area (Å²) in [4.78, 5) is 18.8. The molecule has 2 rings (SSSR count). The lowest BCUT2D eigenvalue weighted by Crippen LogP contribution is -2.21. The van der Waals surface area contributed by atoms with Gasteiger partial charge >= 0.3 is 11.8 Å². The first-order valence-electron chi connectivity index (χ1n) is 5.06. The van der Waals surface area contributed by atoms with E-state index in [4.69, 9.17) is 10.3 Å². The fraction of sp³-hybridized carbons (Fsp3) is 0.273. The molecule has 6 nitrogen and oxygen atoms in total. The maximum atomic E-state index is 10.9. The third-order valence-corrected chi connectivity index (χ3v) is 2.60. The van der Waals surface area contributed by atoms with Gasteiger partial charge in [0, 0.05) is 12.4 Å². The first-order valence-corrected chi connectivity index (χ1v) is 5.06. The van der Waals surface area contributed by atoms with Crippen LogP contribution in [-0.2, 0) is 5.41 Å². The second kappa shape index (κ2) is 3.97. The molecule has 17 heavy (non-hydrogen) atoms. The van der Waals surface area contributed by atoms with Crippen LogP contribution in [-0.4, -0.2) is 21.0 Å². The molecule has 2 N–H and O–H groups in total. The van der Waals surface area contributed by atoms with Crippen LogP contribution in [0.25, 0.3) is 0 Å². The fourth-order valence-corrected chi connectivity index (χ4v) is 1.48. The molecular formula is C11H12N4O2. The number of hydrogen-bond acceptors (Lipinski definition) is 5. The van der Waals surface area contributed by atoms with Crippen LogP contribution in [0.4, 0.5) is 0 Å². The van der Waals surface area contributed by atoms with Crippen molar-refractivity contribution in [2.45, 2.75) is 19.3 Å². The monoisotopic (exact) mass is 232 g/mol. The minimum Gasteiger partial charge on any atom is -0.361 e. The van der Waals surface area contributed by atoms with Gasteiger partial charge in [-0.3, -0.25) is 9.78 Å². The minimum atomic E-state index is -0.728. The van der Waals surface area contributed by atoms with Crippen molar-refractivity contribution in [2.75, 3.05) is 0 Å². The number of nitrogens with zero attached hydrogens (tertiary/aromatic N) is 3. The number of pyridine rings is 1. The van der Waals surface area contributed by atoms with Gasteiger partial charge in [-0.05, 0) is 31.5 Å². The summed E-state index contributed by atoms with van der Waals surface area (Å²) in [7, 11) is 0. The normalized spacial score (nSPS) is 11.4. The first kappa shape index (κ1) is 11.3. The van der Waals surface area contributed by atoms with E-state index in [2.05, 4.69) is 15.1 Å². The topological polar surface area (TPSA) is 94.9 Å². The molecule has 0 spiro atoms. The summed E-state index contributed by atoms with van der Waals surface area (Å²) in [6, 6.07) is 3.72. The molecule has 6 heteroatoms. The Hall–Kier alpha value is -2.24. The van der Waals surface area contributed by atoms with Crippen molar-refractivity contribution in [3.05, 3.63) is 41.8 Å². The molecule has 2 aromatic rings. The number of aromatic nitrogens is 3. The van der Waals surface area contributed by atoms with E-state index in [1.807, 2.05) is 26.0 Å². The first-order chi connectivity index (χ1) is 8.01. The molecule has 0 unspecified atom stereocenters. The zero-order chi connectivity index (χ0) is 12.5. The average Bonchev–Trinajstić information content (AvgIpc) is 2.80. The number of carbonyl (C=O) groups excluding carboxylic acids is 1. The van der Waals surface area contributed by atoms with Gasteiger partial charge in [-0.2, -0.15) is 4.98 Å². The molecule has 0 saturated carbocycles. The molecule has 0 atom stereocenters. The summed E-state index contributed by atoms with van der Waals surface area (Å²) in [5.74, 6) is -0.492. The van der Waals surface area contributed by atoms with Gasteiger partial charge in [0.25, 0.3) is 0 Å². The zero-order valence-electron chi connectivity index (χ0n) is 9.54. The Morgan fingerprint density at radius 3 is 2.53 bits per heavy atom. The smallest absolute Gasteiger partial charge is 0.315 e. The van der Waals surface area contributed by atoms with E-state index in [0.717, 1.165) is 5.56 Å². The van der Waals surface area contributed by atoms with E-state index in [9.17, 15) is 4.79 Å². The van der Waals surface area contributed by atoms with Gasteiger partial charge in [-0.1, -0.05) is 5.16 Å². The highest BCUT2D eigenvalue weighted by molar-refractivity contribution is 5.87. The summed E-state index contributed by atoms with van der Waals surface area (Å²) in [5, 5.41) is 3.78. The van der Waals surface area contributed by atoms with Gasteiger partial charge in [-0.25, -0.2) is 0 Å². The third kappa shape index (κ3) is 2.01. The quantitative estimate of drug-likeness (QED) is 0.847. The highest BCUT2D eigenvalue weighted by Crippen LogP contribution is 2.28. The highest BCUT2D eigenvalue weighted by atomic mass is 16.5. The lowest BCUT2D eigenvalue weighted by Gasteiger charge is -2.20. The molecule has 0 fully saturated rings. The van der Waals surface area contributed by atoms with Gasteiger partial charge in [0.15, 0.2) is 5.82 Å². The van der Waals surface area contributed by atoms with Crippen LogP contribution in [0.3, 0.4) is 0 Å². The Balaban J connectivity index is 2.41. The Bertz CT molecular complexity index is 533. The Morgan fingerprint density at radius 1 is 1.35 bits per heavy atom. The van der Waals surface area contributed by atoms with Crippen molar-refractivity contribution in [1.29, 1.82) is 0 Å². The lowest BCUT2D eigenvalue weighted by atomic mass is 9.84. The van der Waals surface area contributed by atoms with Gasteiger partial charge in [-0.15, -0.1) is 0 Å². The molecule has 0 aliphatic heterocycles. The molecule has 2 aromatic heterocycles. The molecule has 88 valence electrons. The second-order valence-corrected chi connectivity index (χ2v) is 4.15. The van der Waals surface area contributed by atoms with Crippen LogP contribution in [0.2, 0.25) is 0 Å². The van der Waals surface area contributed by atoms with Gasteiger partial charge in [0.05, 0.1) is 5.41 Å². The summed E-state index contributed by atoms with van der Waals surface area (Å²) >= 11 is 0. The summed E-state index contributed by atoms with van der Waals surface area (Å²) in [6.07, 6.45) is 3.37. The number of hydrogen-bond donors (Lipinski definition) is 1. The van der Waals surface area contributed by atoms with Crippen molar-refractivity contribution < 1.29 is 9.32 Å². The molecule has 0 aliphatic rings. The van der Waals surface area contributed by atoms with Crippen LogP contribution in [0.5, 0.6) is 0 Å². The number of primary amides is 1. The molecule has 0 saturated heterocycles. The summed E-state index contributed by atoms with van der Waals surface area (Å²) < 4.78 is 4.78. The Labute approximate surface area is 97.9 Å². The second-order valence-electron chi connectivity index (χ2n) is 4.15. The molecular weight excluding hydrogens is 220 g/mol. The Morgan fingerprint density at radius 2 is 2.00 bits per heavy atom. The average molecular weight is 232 g/mol. The largest absolute Gasteiger partial charge is 0.361 e. The van der Waals surface area contributed by atoms with Crippen molar-refractivity contribution in [3.8, 4) is 0 Å². The van der Waals surface area contributed by atoms with E-state index >= 15 is 0 Å². The number of amides is 1. The highest BCUT2D eigenvalue weighted by Gasteiger charge is 2.29. The predicted molar refractivity (Wildman–Crippen MR) is 59.2 cm³/mol. The van der Waals surface area contributed by atoms with Gasteiger partial charge in [0.1, 0.15) is 0 Å². The van der Waals surface area contributed by atoms with Crippen molar-refractivity contribution in [2.24, 2.45) is 5.73 Å². The van der Waals surface area contributed by atoms with Crippen LogP contribution < -0.4 is 5.73 Å². The zero-order valence-corrected chi connectivity index (χ0v) is 9.54. The fourth-order valence-electron chi connectivity index (χ4n) is 1.48. The van der Waals surface area contributed by atoms with Crippen LogP contribution >= 0.6 is 0 Å². The van der Waals surface area contributed by atoms with Crippen LogP contribution in [0.15, 0.2) is 29.0 Å². The van der Waals surface area contributed by atoms with Gasteiger partial charge < -0.3 is 10.3 Å². The van der Waals surface area contributed by atoms with E-state index in [0.29, 0.717) is 5.82 Å². The minimum absolute atomic E-state index is 0.179. The molecule has 0 aliphatic carbocycles. The van der Waals surface area contributed by atoms with Crippen LogP contribution in [0.1, 0.15) is 35.9 Å². The number of carbonyl (C=O) groups is 1. The van der Waals surface area contributed by atoms with Crippen LogP contribution in [0, 0.1) is 0 Å². The molecule has 0 aromatic carbocycles. The molecule has 0 bridgehead atoms. The lowest BCUT2D eigenvalue weighted by molar-refractivity contribution is 0.0958. The predicted octanol–water partition coefficient (Wildman–Crippen LogP) is 0.889. The third-order valence-electron chi connectivity index (χ3n) is 2.60. The molecule has 2 heterocycles. The maximum absolute atomic E-state index is 10.9. The standard InChI is InChI=1S/C11H12N4O2/c1-11(2,7-3-5-13-6-4-7)10-14-9(8(12)16)17-15-10/h3-6H,1-2H3,(H2,12,16). The van der Waals surface area contributed by atoms with Gasteiger partial charge in [0.2, 0.25) is 0 Å². The SMILES string of the molecule is CC(C)(c1ccncc1)c1noc(C(N)=O)n1. The van der Waals surface area contributed by atoms with E-state index < -0.39 is 11.3 Å². The Kier molecular flexibility index (Phi) is 2.63. The molecule has 0 radical (unpaired) electrons. The van der Waals surface area contributed by atoms with E-state index in [1.54, 1.807) is 12.4 Å². The van der Waals surface area contributed by atoms with Crippen molar-refractivity contribution in [3.63, 3.8) is 0 Å². The van der Waals surface area contributed by atoms with E-state index in [1.165, 1.54) is 0 Å². The number of nitrogens with two attached hydrogens (primary N) is 1. The molecule has 1 amide bonds. The van der Waals surface area contributed by atoms with Crippen molar-refractivity contribution in [1.82, 2.24) is 15.1 Å². The summed E-state index contributed by atoms with van der Waals surface area (Å²) in [6.45, 7) is 3.86. The van der Waals surface area contributed by atoms with Crippen molar-refractivity contribution >= 4 is 5.91 Å².